The van der Waals surface area contributed by atoms with Crippen LogP contribution in [0.5, 0.6) is 0 Å². The summed E-state index contributed by atoms with van der Waals surface area (Å²) in [6.07, 6.45) is 3.63. The molecule has 9 aromatic rings. The second-order valence-corrected chi connectivity index (χ2v) is 22.2. The average molecular weight is 1060 g/mol. The van der Waals surface area contributed by atoms with Crippen LogP contribution in [-0.4, -0.2) is 15.0 Å². The fourth-order valence-electron chi connectivity index (χ4n) is 9.17. The second kappa shape index (κ2) is 18.9. The van der Waals surface area contributed by atoms with Crippen molar-refractivity contribution in [3.63, 3.8) is 0 Å². The first-order valence-electron chi connectivity index (χ1n) is 23.8. The molecule has 0 N–H and O–H groups in total. The molecule has 4 nitrogen and oxygen atoms in total. The summed E-state index contributed by atoms with van der Waals surface area (Å²) >= 11 is 0. The van der Waals surface area contributed by atoms with Crippen LogP contribution in [0.3, 0.4) is 0 Å². The van der Waals surface area contributed by atoms with Gasteiger partial charge in [0.2, 0.25) is 0 Å². The third kappa shape index (κ3) is 9.79. The maximum absolute atomic E-state index is 7.17. The summed E-state index contributed by atoms with van der Waals surface area (Å²) in [6, 6.07) is 44.0. The van der Waals surface area contributed by atoms with Gasteiger partial charge in [-0.3, -0.25) is 4.98 Å². The maximum Gasteiger partial charge on any atom is 0.128 e. The van der Waals surface area contributed by atoms with E-state index in [1.165, 1.54) is 55.1 Å². The number of pyridine rings is 1. The van der Waals surface area contributed by atoms with E-state index in [1.807, 2.05) is 30.5 Å². The number of fused-ring (bicyclic) bond motifs is 7. The quantitative estimate of drug-likeness (QED) is 0.123. The van der Waals surface area contributed by atoms with Crippen LogP contribution in [0.15, 0.2) is 120 Å². The molecule has 347 valence electrons. The van der Waals surface area contributed by atoms with Crippen LogP contribution in [-0.2, 0) is 36.4 Å². The Balaban J connectivity index is 0.000000331. The van der Waals surface area contributed by atoms with Crippen molar-refractivity contribution >= 4 is 43.5 Å². The van der Waals surface area contributed by atoms with Crippen molar-refractivity contribution in [3.8, 4) is 33.6 Å². The van der Waals surface area contributed by atoms with E-state index in [4.69, 9.17) is 9.40 Å². The zero-order valence-electron chi connectivity index (χ0n) is 42.3. The molecule has 67 heavy (non-hydrogen) atoms. The topological polar surface area (TPSA) is 51.8 Å². The monoisotopic (exact) mass is 1060 g/mol. The van der Waals surface area contributed by atoms with Crippen molar-refractivity contribution in [1.29, 1.82) is 0 Å². The van der Waals surface area contributed by atoms with E-state index in [1.54, 1.807) is 6.33 Å². The Bertz CT molecular complexity index is 3180. The van der Waals surface area contributed by atoms with Crippen molar-refractivity contribution in [2.24, 2.45) is 0 Å². The van der Waals surface area contributed by atoms with Gasteiger partial charge in [-0.25, -0.2) is 4.98 Å². The minimum atomic E-state index is -0.119. The molecule has 0 spiro atoms. The summed E-state index contributed by atoms with van der Waals surface area (Å²) in [5.41, 5.74) is 15.7. The normalized spacial score (nSPS) is 12.4. The molecular weight excluding hydrogens is 995 g/mol. The van der Waals surface area contributed by atoms with E-state index in [9.17, 15) is 0 Å². The maximum atomic E-state index is 7.17. The van der Waals surface area contributed by atoms with Crippen molar-refractivity contribution in [1.82, 2.24) is 15.0 Å². The third-order valence-electron chi connectivity index (χ3n) is 13.1. The van der Waals surface area contributed by atoms with Gasteiger partial charge in [-0.05, 0) is 95.6 Å². The predicted octanol–water partition coefficient (Wildman–Crippen LogP) is 17.6. The number of benzene rings is 6. The molecule has 0 amide bonds. The molecule has 0 saturated carbocycles. The summed E-state index contributed by atoms with van der Waals surface area (Å²) in [5, 5.41) is 7.12. The van der Waals surface area contributed by atoms with Crippen LogP contribution in [0.1, 0.15) is 155 Å². The van der Waals surface area contributed by atoms with Gasteiger partial charge in [0.05, 0.1) is 5.58 Å². The van der Waals surface area contributed by atoms with Gasteiger partial charge in [0.1, 0.15) is 11.9 Å². The van der Waals surface area contributed by atoms with Crippen molar-refractivity contribution in [2.45, 2.75) is 138 Å². The summed E-state index contributed by atoms with van der Waals surface area (Å²) in [7, 11) is 0. The molecule has 3 heterocycles. The molecule has 6 aromatic carbocycles. The van der Waals surface area contributed by atoms with Crippen LogP contribution in [0.25, 0.3) is 77.1 Å². The van der Waals surface area contributed by atoms with Gasteiger partial charge in [0, 0.05) is 48.2 Å². The smallest absolute Gasteiger partial charge is 0.128 e. The molecule has 0 aliphatic carbocycles. The molecule has 9 rings (SSSR count). The van der Waals surface area contributed by atoms with E-state index < -0.39 is 0 Å². The average Bonchev–Trinajstić information content (AvgIpc) is 3.68. The molecule has 0 bridgehead atoms. The summed E-state index contributed by atoms with van der Waals surface area (Å²) < 4.78 is 7.17. The largest absolute Gasteiger partial charge is 0.500 e. The molecule has 0 aliphatic rings. The van der Waals surface area contributed by atoms with Crippen LogP contribution < -0.4 is 0 Å². The Morgan fingerprint density at radius 2 is 1.18 bits per heavy atom. The third-order valence-corrected chi connectivity index (χ3v) is 13.1. The van der Waals surface area contributed by atoms with Crippen molar-refractivity contribution in [3.05, 3.63) is 161 Å². The zero-order chi connectivity index (χ0) is 47.5. The van der Waals surface area contributed by atoms with E-state index >= 15 is 0 Å². The van der Waals surface area contributed by atoms with Crippen LogP contribution in [0.2, 0.25) is 0 Å². The van der Waals surface area contributed by atoms with E-state index in [0.717, 1.165) is 55.5 Å². The van der Waals surface area contributed by atoms with Crippen LogP contribution in [0.4, 0.5) is 0 Å². The van der Waals surface area contributed by atoms with Crippen molar-refractivity contribution in [2.75, 3.05) is 0 Å². The van der Waals surface area contributed by atoms with Gasteiger partial charge in [0.25, 0.3) is 0 Å². The molecule has 0 unspecified atom stereocenters. The van der Waals surface area contributed by atoms with E-state index in [2.05, 4.69) is 205 Å². The SMILES string of the molecule is CC(C)(C)c1ccc(-c2[c-]cccc2)nc1.CC(C)c1cc(C(C)C)c(-c2cc3c(ccc4c3oc3c(-c5cc(C(C)(C)C)ncn5)[c-]cc(C(C)(C)C)c34)c3ccccc23)c(C(C)C)c1.[Ir]. The summed E-state index contributed by atoms with van der Waals surface area (Å²) in [5.74, 6) is 1.20. The van der Waals surface area contributed by atoms with Gasteiger partial charge >= 0.3 is 0 Å². The standard InChI is InChI=1S/C47H51N2O.C15H16N.Ir/c1-26(2)29-21-35(27(3)4)42(36(22-29)28(5)6)37-23-38-32(30-15-13-14-16-31(30)37)17-18-34-43-39(46(7,8)9)20-19-33(45(43)50-44(34)38)40-24-41(47(10,11)12)49-25-48-40;1-15(2,3)13-9-10-14(16-11-13)12-7-5-4-6-8-12;/h13-18,20-28H,1-12H3;4-7,9-11H,1-3H3;/q2*-1;. The Morgan fingerprint density at radius 3 is 1.75 bits per heavy atom. The van der Waals surface area contributed by atoms with Crippen molar-refractivity contribution < 1.29 is 24.5 Å². The molecule has 0 atom stereocenters. The molecule has 1 radical (unpaired) electrons. The number of hydrogen-bond acceptors (Lipinski definition) is 4. The van der Waals surface area contributed by atoms with Gasteiger partial charge in [-0.2, -0.15) is 0 Å². The van der Waals surface area contributed by atoms with Gasteiger partial charge < -0.3 is 9.40 Å². The van der Waals surface area contributed by atoms with E-state index in [0.29, 0.717) is 17.8 Å². The number of furan rings is 1. The molecule has 5 heteroatoms. The molecular formula is C62H67IrN3O-2. The number of nitrogens with zero attached hydrogens (tertiary/aromatic N) is 3. The van der Waals surface area contributed by atoms with Crippen LogP contribution in [0, 0.1) is 12.1 Å². The first-order chi connectivity index (χ1) is 31.1. The predicted molar refractivity (Wildman–Crippen MR) is 281 cm³/mol. The minimum absolute atomic E-state index is 0. The zero-order valence-corrected chi connectivity index (χ0v) is 44.7. The molecule has 0 saturated heterocycles. The molecule has 0 aliphatic heterocycles. The molecule has 3 aromatic heterocycles. The molecule has 0 fully saturated rings. The summed E-state index contributed by atoms with van der Waals surface area (Å²) in [4.78, 5) is 13.9. The van der Waals surface area contributed by atoms with E-state index in [-0.39, 0.29) is 36.4 Å². The number of rotatable bonds is 6. The summed E-state index contributed by atoms with van der Waals surface area (Å²) in [6.45, 7) is 33.9. The first-order valence-corrected chi connectivity index (χ1v) is 23.8. The minimum Gasteiger partial charge on any atom is -0.500 e. The fraction of sp³-hybridized carbons (Fsp3) is 0.339. The van der Waals surface area contributed by atoms with Gasteiger partial charge in [0.15, 0.2) is 0 Å². The fourth-order valence-corrected chi connectivity index (χ4v) is 9.17. The number of hydrogen-bond donors (Lipinski definition) is 0. The Labute approximate surface area is 413 Å². The van der Waals surface area contributed by atoms with Gasteiger partial charge in [-0.1, -0.05) is 182 Å². The Morgan fingerprint density at radius 1 is 0.537 bits per heavy atom. The van der Waals surface area contributed by atoms with Crippen LogP contribution >= 0.6 is 0 Å². The first kappa shape index (κ1) is 49.4. The Kier molecular flexibility index (Phi) is 13.9. The Hall–Kier alpha value is -5.48. The van der Waals surface area contributed by atoms with Gasteiger partial charge in [-0.15, -0.1) is 53.6 Å². The second-order valence-electron chi connectivity index (χ2n) is 22.2. The number of aromatic nitrogens is 3.